The molecule has 0 radical (unpaired) electrons. The van der Waals surface area contributed by atoms with Crippen LogP contribution >= 0.6 is 12.6 Å². The third kappa shape index (κ3) is 3.13. The molecule has 80 valence electrons. The smallest absolute Gasteiger partial charge is 0.337 e. The molecule has 0 bridgehead atoms. The lowest BCUT2D eigenvalue weighted by Gasteiger charge is -2.03. The minimum absolute atomic E-state index is 0.303. The maximum Gasteiger partial charge on any atom is 0.337 e. The summed E-state index contributed by atoms with van der Waals surface area (Å²) in [7, 11) is 1.38. The molecule has 1 rings (SSSR count). The summed E-state index contributed by atoms with van der Waals surface area (Å²) in [4.78, 5) is 11.2. The lowest BCUT2D eigenvalue weighted by atomic mass is 10.0. The normalized spacial score (nSPS) is 10.6. The van der Waals surface area contributed by atoms with E-state index in [0.29, 0.717) is 11.3 Å². The summed E-state index contributed by atoms with van der Waals surface area (Å²) in [5, 5.41) is 0. The second kappa shape index (κ2) is 5.61. The van der Waals surface area contributed by atoms with Gasteiger partial charge in [-0.2, -0.15) is 12.6 Å². The van der Waals surface area contributed by atoms with Gasteiger partial charge in [-0.1, -0.05) is 18.2 Å². The molecule has 0 saturated heterocycles. The molecule has 0 aliphatic heterocycles. The average molecular weight is 222 g/mol. The predicted octanol–water partition coefficient (Wildman–Crippen LogP) is 2.72. The highest BCUT2D eigenvalue weighted by molar-refractivity contribution is 7.80. The zero-order valence-corrected chi connectivity index (χ0v) is 9.75. The molecule has 0 unspecified atom stereocenters. The Morgan fingerprint density at radius 3 is 2.80 bits per heavy atom. The van der Waals surface area contributed by atoms with Crippen LogP contribution in [0, 0.1) is 6.92 Å². The molecule has 0 saturated carbocycles. The van der Waals surface area contributed by atoms with Crippen LogP contribution in [-0.4, -0.2) is 18.8 Å². The second-order valence-corrected chi connectivity index (χ2v) is 3.51. The maximum absolute atomic E-state index is 11.2. The molecule has 0 aliphatic carbocycles. The summed E-state index contributed by atoms with van der Waals surface area (Å²) in [5.74, 6) is 0.404. The molecule has 0 atom stereocenters. The van der Waals surface area contributed by atoms with Gasteiger partial charge < -0.3 is 4.74 Å². The minimum Gasteiger partial charge on any atom is -0.465 e. The Balaban J connectivity index is 2.98. The number of carbonyl (C=O) groups is 1. The van der Waals surface area contributed by atoms with Crippen LogP contribution in [0.3, 0.4) is 0 Å². The number of hydrogen-bond donors (Lipinski definition) is 1. The van der Waals surface area contributed by atoms with Crippen molar-refractivity contribution in [2.24, 2.45) is 0 Å². The van der Waals surface area contributed by atoms with Crippen LogP contribution < -0.4 is 0 Å². The van der Waals surface area contributed by atoms with Crippen LogP contribution in [0.2, 0.25) is 0 Å². The first kappa shape index (κ1) is 11.9. The van der Waals surface area contributed by atoms with Crippen LogP contribution in [0.15, 0.2) is 24.3 Å². The first-order valence-corrected chi connectivity index (χ1v) is 5.28. The van der Waals surface area contributed by atoms with E-state index in [1.165, 1.54) is 7.11 Å². The van der Waals surface area contributed by atoms with E-state index in [9.17, 15) is 4.79 Å². The van der Waals surface area contributed by atoms with Gasteiger partial charge >= 0.3 is 5.97 Å². The van der Waals surface area contributed by atoms with Gasteiger partial charge in [0.2, 0.25) is 0 Å². The fourth-order valence-corrected chi connectivity index (χ4v) is 1.39. The number of rotatable bonds is 3. The summed E-state index contributed by atoms with van der Waals surface area (Å²) < 4.78 is 4.64. The number of thiol groups is 1. The molecule has 3 heteroatoms. The Hall–Kier alpha value is -1.22. The van der Waals surface area contributed by atoms with Crippen LogP contribution in [0.4, 0.5) is 0 Å². The van der Waals surface area contributed by atoms with Crippen molar-refractivity contribution in [2.45, 2.75) is 6.92 Å². The molecule has 0 fully saturated rings. The monoisotopic (exact) mass is 222 g/mol. The lowest BCUT2D eigenvalue weighted by Crippen LogP contribution is -2.01. The number of benzene rings is 1. The van der Waals surface area contributed by atoms with Gasteiger partial charge in [-0.05, 0) is 30.2 Å². The fourth-order valence-electron chi connectivity index (χ4n) is 1.29. The third-order valence-corrected chi connectivity index (χ3v) is 2.30. The zero-order chi connectivity index (χ0) is 11.3. The highest BCUT2D eigenvalue weighted by Gasteiger charge is 2.05. The standard InChI is InChI=1S/C12H14O2S/c1-9-8-11(12(13)14-2)6-5-10(9)4-3-7-15/h3-6,8,15H,7H2,1-2H3. The molecular formula is C12H14O2S. The number of esters is 1. The Kier molecular flexibility index (Phi) is 4.43. The van der Waals surface area contributed by atoms with E-state index < -0.39 is 0 Å². The molecular weight excluding hydrogens is 208 g/mol. The van der Waals surface area contributed by atoms with Crippen LogP contribution in [-0.2, 0) is 4.74 Å². The zero-order valence-electron chi connectivity index (χ0n) is 8.86. The van der Waals surface area contributed by atoms with Crippen molar-refractivity contribution in [3.8, 4) is 0 Å². The van der Waals surface area contributed by atoms with E-state index in [-0.39, 0.29) is 5.97 Å². The van der Waals surface area contributed by atoms with Gasteiger partial charge in [-0.3, -0.25) is 0 Å². The Bertz CT molecular complexity index is 383. The van der Waals surface area contributed by atoms with Crippen molar-refractivity contribution < 1.29 is 9.53 Å². The first-order valence-electron chi connectivity index (χ1n) is 4.65. The molecule has 0 N–H and O–H groups in total. The average Bonchev–Trinajstić information content (AvgIpc) is 2.26. The number of carbonyl (C=O) groups excluding carboxylic acids is 1. The highest BCUT2D eigenvalue weighted by Crippen LogP contribution is 2.13. The maximum atomic E-state index is 11.2. The van der Waals surface area contributed by atoms with Gasteiger partial charge in [0.05, 0.1) is 12.7 Å². The molecule has 2 nitrogen and oxygen atoms in total. The molecule has 1 aromatic rings. The number of aryl methyl sites for hydroxylation is 1. The molecule has 0 heterocycles. The second-order valence-electron chi connectivity index (χ2n) is 3.15. The van der Waals surface area contributed by atoms with Crippen molar-refractivity contribution in [3.05, 3.63) is 41.0 Å². The van der Waals surface area contributed by atoms with E-state index in [0.717, 1.165) is 11.1 Å². The van der Waals surface area contributed by atoms with E-state index in [1.54, 1.807) is 6.07 Å². The Morgan fingerprint density at radius 1 is 1.53 bits per heavy atom. The first-order chi connectivity index (χ1) is 7.19. The fraction of sp³-hybridized carbons (Fsp3) is 0.250. The Morgan fingerprint density at radius 2 is 2.27 bits per heavy atom. The molecule has 1 aromatic carbocycles. The third-order valence-electron chi connectivity index (χ3n) is 2.09. The van der Waals surface area contributed by atoms with Gasteiger partial charge in [-0.25, -0.2) is 4.79 Å². The largest absolute Gasteiger partial charge is 0.465 e. The molecule has 0 aromatic heterocycles. The lowest BCUT2D eigenvalue weighted by molar-refractivity contribution is 0.0600. The summed E-state index contributed by atoms with van der Waals surface area (Å²) in [5.41, 5.74) is 2.73. The number of ether oxygens (including phenoxy) is 1. The summed E-state index contributed by atoms with van der Waals surface area (Å²) in [6.45, 7) is 1.96. The van der Waals surface area contributed by atoms with E-state index in [4.69, 9.17) is 0 Å². The van der Waals surface area contributed by atoms with E-state index >= 15 is 0 Å². The quantitative estimate of drug-likeness (QED) is 0.628. The van der Waals surface area contributed by atoms with Crippen LogP contribution in [0.25, 0.3) is 6.08 Å². The van der Waals surface area contributed by atoms with Gasteiger partial charge in [-0.15, -0.1) is 0 Å². The molecule has 0 aliphatic rings. The van der Waals surface area contributed by atoms with E-state index in [2.05, 4.69) is 17.4 Å². The molecule has 15 heavy (non-hydrogen) atoms. The number of hydrogen-bond acceptors (Lipinski definition) is 3. The van der Waals surface area contributed by atoms with Crippen molar-refractivity contribution in [3.63, 3.8) is 0 Å². The van der Waals surface area contributed by atoms with Crippen molar-refractivity contribution in [2.75, 3.05) is 12.9 Å². The SMILES string of the molecule is COC(=O)c1ccc(C=CCS)c(C)c1. The minimum atomic E-state index is -0.303. The van der Waals surface area contributed by atoms with Crippen LogP contribution in [0.5, 0.6) is 0 Å². The molecule has 0 amide bonds. The summed E-state index contributed by atoms with van der Waals surface area (Å²) in [6.07, 6.45) is 3.95. The van der Waals surface area contributed by atoms with Gasteiger partial charge in [0.15, 0.2) is 0 Å². The van der Waals surface area contributed by atoms with Crippen molar-refractivity contribution in [1.82, 2.24) is 0 Å². The topological polar surface area (TPSA) is 26.3 Å². The molecule has 0 spiro atoms. The highest BCUT2D eigenvalue weighted by atomic mass is 32.1. The van der Waals surface area contributed by atoms with Crippen LogP contribution in [0.1, 0.15) is 21.5 Å². The van der Waals surface area contributed by atoms with Gasteiger partial charge in [0.25, 0.3) is 0 Å². The summed E-state index contributed by atoms with van der Waals surface area (Å²) in [6, 6.07) is 5.49. The Labute approximate surface area is 95.4 Å². The van der Waals surface area contributed by atoms with Gasteiger partial charge in [0, 0.05) is 5.75 Å². The predicted molar refractivity (Wildman–Crippen MR) is 65.4 cm³/mol. The van der Waals surface area contributed by atoms with E-state index in [1.807, 2.05) is 31.2 Å². The van der Waals surface area contributed by atoms with Crippen molar-refractivity contribution in [1.29, 1.82) is 0 Å². The number of methoxy groups -OCH3 is 1. The summed E-state index contributed by atoms with van der Waals surface area (Å²) >= 11 is 4.09. The van der Waals surface area contributed by atoms with Gasteiger partial charge in [0.1, 0.15) is 0 Å². The van der Waals surface area contributed by atoms with Crippen molar-refractivity contribution >= 4 is 24.7 Å².